The van der Waals surface area contributed by atoms with E-state index in [2.05, 4.69) is 11.3 Å². The van der Waals surface area contributed by atoms with E-state index in [-0.39, 0.29) is 5.56 Å². The third kappa shape index (κ3) is 3.45. The van der Waals surface area contributed by atoms with E-state index in [1.807, 2.05) is 48.7 Å². The highest BCUT2D eigenvalue weighted by Gasteiger charge is 2.28. The predicted octanol–water partition coefficient (Wildman–Crippen LogP) is 4.26. The monoisotopic (exact) mass is 401 g/mol. The SMILES string of the molecule is COc1ccc(COc2ccn(-c3ccc4nc(C5CC5)c(C)n4c3)c(=O)c2)cc1. The van der Waals surface area contributed by atoms with Gasteiger partial charge in [-0.2, -0.15) is 0 Å². The van der Waals surface area contributed by atoms with Crippen LogP contribution in [-0.4, -0.2) is 21.1 Å². The number of imidazole rings is 1. The maximum absolute atomic E-state index is 12.7. The van der Waals surface area contributed by atoms with Crippen LogP contribution in [0.4, 0.5) is 0 Å². The topological polar surface area (TPSA) is 57.8 Å². The van der Waals surface area contributed by atoms with E-state index in [4.69, 9.17) is 14.5 Å². The Kier molecular flexibility index (Phi) is 4.54. The summed E-state index contributed by atoms with van der Waals surface area (Å²) < 4.78 is 14.7. The summed E-state index contributed by atoms with van der Waals surface area (Å²) in [5, 5.41) is 0. The van der Waals surface area contributed by atoms with Gasteiger partial charge in [0.25, 0.3) is 5.56 Å². The lowest BCUT2D eigenvalue weighted by Gasteiger charge is -2.10. The van der Waals surface area contributed by atoms with Crippen LogP contribution in [0.3, 0.4) is 0 Å². The van der Waals surface area contributed by atoms with Gasteiger partial charge < -0.3 is 13.9 Å². The van der Waals surface area contributed by atoms with Crippen molar-refractivity contribution < 1.29 is 9.47 Å². The molecule has 30 heavy (non-hydrogen) atoms. The molecule has 0 atom stereocenters. The van der Waals surface area contributed by atoms with Crippen LogP contribution in [0.1, 0.15) is 35.7 Å². The number of rotatable bonds is 6. The standard InChI is InChI=1S/C24H23N3O3/c1-16-24(18-5-6-18)25-22-10-7-19(14-27(16)22)26-12-11-21(13-23(26)28)30-15-17-3-8-20(29-2)9-4-17/h3-4,7-14,18H,5-6,15H2,1-2H3. The van der Waals surface area contributed by atoms with E-state index in [0.717, 1.165) is 28.3 Å². The molecule has 0 aliphatic heterocycles. The van der Waals surface area contributed by atoms with Crippen LogP contribution in [0, 0.1) is 6.92 Å². The lowest BCUT2D eigenvalue weighted by molar-refractivity contribution is 0.305. The van der Waals surface area contributed by atoms with Crippen LogP contribution >= 0.6 is 0 Å². The van der Waals surface area contributed by atoms with Crippen molar-refractivity contribution in [3.63, 3.8) is 0 Å². The number of nitrogens with zero attached hydrogens (tertiary/aromatic N) is 3. The van der Waals surface area contributed by atoms with Gasteiger partial charge in [-0.05, 0) is 55.7 Å². The van der Waals surface area contributed by atoms with Crippen molar-refractivity contribution in [2.75, 3.05) is 7.11 Å². The highest BCUT2D eigenvalue weighted by atomic mass is 16.5. The first-order valence-corrected chi connectivity index (χ1v) is 10.1. The zero-order valence-electron chi connectivity index (χ0n) is 17.0. The van der Waals surface area contributed by atoms with Gasteiger partial charge in [-0.1, -0.05) is 12.1 Å². The molecule has 1 aliphatic carbocycles. The van der Waals surface area contributed by atoms with Gasteiger partial charge >= 0.3 is 0 Å². The fraction of sp³-hybridized carbons (Fsp3) is 0.250. The van der Waals surface area contributed by atoms with E-state index in [9.17, 15) is 4.79 Å². The molecule has 1 saturated carbocycles. The van der Waals surface area contributed by atoms with Crippen molar-refractivity contribution in [2.45, 2.75) is 32.3 Å². The fourth-order valence-electron chi connectivity index (χ4n) is 3.71. The average Bonchev–Trinajstić information content (AvgIpc) is 3.56. The van der Waals surface area contributed by atoms with Gasteiger partial charge in [-0.3, -0.25) is 9.36 Å². The predicted molar refractivity (Wildman–Crippen MR) is 115 cm³/mol. The summed E-state index contributed by atoms with van der Waals surface area (Å²) in [6.07, 6.45) is 6.16. The smallest absolute Gasteiger partial charge is 0.258 e. The first kappa shape index (κ1) is 18.5. The lowest BCUT2D eigenvalue weighted by Crippen LogP contribution is -2.17. The molecule has 0 spiro atoms. The van der Waals surface area contributed by atoms with Crippen LogP contribution in [0.15, 0.2) is 65.7 Å². The van der Waals surface area contributed by atoms with E-state index in [0.29, 0.717) is 18.3 Å². The number of methoxy groups -OCH3 is 1. The zero-order valence-corrected chi connectivity index (χ0v) is 17.0. The summed E-state index contributed by atoms with van der Waals surface area (Å²) >= 11 is 0. The van der Waals surface area contributed by atoms with E-state index >= 15 is 0 Å². The Bertz CT molecular complexity index is 1270. The largest absolute Gasteiger partial charge is 0.497 e. The number of aromatic nitrogens is 3. The van der Waals surface area contributed by atoms with Crippen LogP contribution in [0.25, 0.3) is 11.3 Å². The highest BCUT2D eigenvalue weighted by molar-refractivity contribution is 5.49. The third-order valence-corrected chi connectivity index (χ3v) is 5.58. The van der Waals surface area contributed by atoms with Crippen molar-refractivity contribution in [1.82, 2.24) is 14.0 Å². The van der Waals surface area contributed by atoms with Crippen molar-refractivity contribution in [1.29, 1.82) is 0 Å². The molecule has 0 radical (unpaired) electrons. The number of aryl methyl sites for hydroxylation is 1. The van der Waals surface area contributed by atoms with Crippen LogP contribution in [0.2, 0.25) is 0 Å². The Morgan fingerprint density at radius 2 is 1.87 bits per heavy atom. The molecule has 0 amide bonds. The first-order chi connectivity index (χ1) is 14.6. The molecule has 6 nitrogen and oxygen atoms in total. The normalized spacial score (nSPS) is 13.5. The first-order valence-electron chi connectivity index (χ1n) is 10.1. The maximum atomic E-state index is 12.7. The highest BCUT2D eigenvalue weighted by Crippen LogP contribution is 2.41. The molecule has 3 aromatic heterocycles. The Labute approximate surface area is 174 Å². The molecule has 0 bridgehead atoms. The van der Waals surface area contributed by atoms with Crippen molar-refractivity contribution >= 4 is 5.65 Å². The number of fused-ring (bicyclic) bond motifs is 1. The van der Waals surface area contributed by atoms with E-state index in [1.54, 1.807) is 17.9 Å². The minimum Gasteiger partial charge on any atom is -0.497 e. The molecule has 6 heteroatoms. The van der Waals surface area contributed by atoms with Gasteiger partial charge in [0, 0.05) is 30.1 Å². The molecule has 152 valence electrons. The van der Waals surface area contributed by atoms with Crippen LogP contribution in [0.5, 0.6) is 11.5 Å². The Balaban J connectivity index is 1.37. The minimum absolute atomic E-state index is 0.137. The van der Waals surface area contributed by atoms with Gasteiger partial charge in [-0.25, -0.2) is 4.98 Å². The van der Waals surface area contributed by atoms with Gasteiger partial charge in [-0.15, -0.1) is 0 Å². The molecule has 0 unspecified atom stereocenters. The van der Waals surface area contributed by atoms with Crippen molar-refractivity contribution in [3.05, 3.63) is 88.2 Å². The second-order valence-corrected chi connectivity index (χ2v) is 7.68. The van der Waals surface area contributed by atoms with Gasteiger partial charge in [0.05, 0.1) is 18.5 Å². The molecular weight excluding hydrogens is 378 g/mol. The number of ether oxygens (including phenoxy) is 2. The molecular formula is C24H23N3O3. The summed E-state index contributed by atoms with van der Waals surface area (Å²) in [4.78, 5) is 17.5. The summed E-state index contributed by atoms with van der Waals surface area (Å²) in [7, 11) is 1.64. The number of benzene rings is 1. The Morgan fingerprint density at radius 1 is 1.07 bits per heavy atom. The molecule has 1 fully saturated rings. The summed E-state index contributed by atoms with van der Waals surface area (Å²) in [6, 6.07) is 14.9. The summed E-state index contributed by atoms with van der Waals surface area (Å²) in [5.41, 5.74) is 4.93. The molecule has 1 aromatic carbocycles. The van der Waals surface area contributed by atoms with Gasteiger partial charge in [0.1, 0.15) is 23.8 Å². The fourth-order valence-corrected chi connectivity index (χ4v) is 3.71. The van der Waals surface area contributed by atoms with Crippen molar-refractivity contribution in [3.8, 4) is 17.2 Å². The van der Waals surface area contributed by atoms with E-state index in [1.165, 1.54) is 24.6 Å². The van der Waals surface area contributed by atoms with Crippen LogP contribution in [-0.2, 0) is 6.61 Å². The lowest BCUT2D eigenvalue weighted by atomic mass is 10.2. The number of pyridine rings is 2. The number of hydrogen-bond donors (Lipinski definition) is 0. The second-order valence-electron chi connectivity index (χ2n) is 7.68. The van der Waals surface area contributed by atoms with Gasteiger partial charge in [0.15, 0.2) is 0 Å². The Morgan fingerprint density at radius 3 is 2.57 bits per heavy atom. The van der Waals surface area contributed by atoms with Crippen molar-refractivity contribution in [2.24, 2.45) is 0 Å². The zero-order chi connectivity index (χ0) is 20.7. The second kappa shape index (κ2) is 7.37. The van der Waals surface area contributed by atoms with Crippen LogP contribution < -0.4 is 15.0 Å². The number of hydrogen-bond acceptors (Lipinski definition) is 4. The molecule has 0 saturated heterocycles. The molecule has 1 aliphatic rings. The average molecular weight is 401 g/mol. The molecule has 0 N–H and O–H groups in total. The van der Waals surface area contributed by atoms with E-state index < -0.39 is 0 Å². The minimum atomic E-state index is -0.137. The molecule has 3 heterocycles. The summed E-state index contributed by atoms with van der Waals surface area (Å²) in [5.74, 6) is 1.94. The maximum Gasteiger partial charge on any atom is 0.258 e. The molecule has 5 rings (SSSR count). The Hall–Kier alpha value is -3.54. The summed E-state index contributed by atoms with van der Waals surface area (Å²) in [6.45, 7) is 2.48. The third-order valence-electron chi connectivity index (χ3n) is 5.58. The molecule has 4 aromatic rings. The quantitative estimate of drug-likeness (QED) is 0.484. The van der Waals surface area contributed by atoms with Gasteiger partial charge in [0.2, 0.25) is 0 Å².